The Morgan fingerprint density at radius 1 is 1.26 bits per heavy atom. The van der Waals surface area contributed by atoms with Crippen molar-refractivity contribution in [2.75, 3.05) is 37.0 Å². The molecule has 1 aromatic carbocycles. The van der Waals surface area contributed by atoms with Crippen molar-refractivity contribution in [3.05, 3.63) is 45.8 Å². The van der Waals surface area contributed by atoms with E-state index in [1.165, 1.54) is 11.6 Å². The maximum atomic E-state index is 12.6. The summed E-state index contributed by atoms with van der Waals surface area (Å²) in [6, 6.07) is 7.83. The standard InChI is InChI=1S/C23H28ClN7O3/c1-13-10-31(11-14(2)27-13)23-26-9-17(24)21(29-23)28-16-5-6-18-15(7-16)8-19(22(33)30(18)4)34-12-20(32)25-3/h5-9,13-14,27H,10-12H2,1-4H3,(H,25,32)(H,26,28,29)/t13-,14+. The van der Waals surface area contributed by atoms with E-state index in [-0.39, 0.29) is 23.8 Å². The zero-order chi connectivity index (χ0) is 24.4. The fraction of sp³-hybridized carbons (Fsp3) is 0.391. The number of hydrogen-bond acceptors (Lipinski definition) is 8. The zero-order valence-corrected chi connectivity index (χ0v) is 20.3. The number of pyridine rings is 1. The highest BCUT2D eigenvalue weighted by atomic mass is 35.5. The number of amides is 1. The first kappa shape index (κ1) is 23.8. The summed E-state index contributed by atoms with van der Waals surface area (Å²) in [5.74, 6) is 0.881. The number of ether oxygens (including phenoxy) is 1. The highest BCUT2D eigenvalue weighted by Crippen LogP contribution is 2.28. The molecule has 2 aromatic heterocycles. The molecule has 4 rings (SSSR count). The maximum Gasteiger partial charge on any atom is 0.293 e. The molecule has 3 aromatic rings. The molecule has 1 saturated heterocycles. The van der Waals surface area contributed by atoms with Crippen molar-refractivity contribution in [2.24, 2.45) is 7.05 Å². The van der Waals surface area contributed by atoms with Crippen molar-refractivity contribution in [2.45, 2.75) is 25.9 Å². The van der Waals surface area contributed by atoms with Crippen LogP contribution in [0.4, 0.5) is 17.5 Å². The third-order valence-electron chi connectivity index (χ3n) is 5.66. The third kappa shape index (κ3) is 5.07. The number of aryl methyl sites for hydroxylation is 1. The summed E-state index contributed by atoms with van der Waals surface area (Å²) in [5, 5.41) is 10.4. The Hall–Kier alpha value is -3.37. The number of fused-ring (bicyclic) bond motifs is 1. The summed E-state index contributed by atoms with van der Waals surface area (Å²) >= 11 is 6.39. The number of piperazine rings is 1. The van der Waals surface area contributed by atoms with Gasteiger partial charge in [0, 0.05) is 50.3 Å². The molecule has 3 N–H and O–H groups in total. The molecule has 2 atom stereocenters. The van der Waals surface area contributed by atoms with Crippen LogP contribution in [-0.2, 0) is 11.8 Å². The van der Waals surface area contributed by atoms with Crippen molar-refractivity contribution < 1.29 is 9.53 Å². The molecule has 0 unspecified atom stereocenters. The molecule has 0 spiro atoms. The van der Waals surface area contributed by atoms with Gasteiger partial charge in [-0.3, -0.25) is 9.59 Å². The lowest BCUT2D eigenvalue weighted by Gasteiger charge is -2.36. The normalized spacial score (nSPS) is 18.1. The first-order valence-corrected chi connectivity index (χ1v) is 11.4. The molecule has 0 saturated carbocycles. The molecular formula is C23H28ClN7O3. The van der Waals surface area contributed by atoms with Gasteiger partial charge in [0.1, 0.15) is 5.02 Å². The molecule has 1 aliphatic heterocycles. The van der Waals surface area contributed by atoms with Crippen molar-refractivity contribution in [3.8, 4) is 5.75 Å². The lowest BCUT2D eigenvalue weighted by Crippen LogP contribution is -2.54. The molecule has 0 bridgehead atoms. The highest BCUT2D eigenvalue weighted by molar-refractivity contribution is 6.32. The number of carbonyl (C=O) groups excluding carboxylic acids is 1. The first-order valence-electron chi connectivity index (χ1n) is 11.0. The SMILES string of the molecule is CNC(=O)COc1cc2cc(Nc3nc(N4C[C@@H](C)N[C@@H](C)C4)ncc3Cl)ccc2n(C)c1=O. The Balaban J connectivity index is 1.62. The van der Waals surface area contributed by atoms with Crippen LogP contribution in [0.1, 0.15) is 13.8 Å². The molecule has 34 heavy (non-hydrogen) atoms. The molecule has 10 nitrogen and oxygen atoms in total. The summed E-state index contributed by atoms with van der Waals surface area (Å²) in [4.78, 5) is 35.3. The van der Waals surface area contributed by atoms with Crippen molar-refractivity contribution in [1.82, 2.24) is 25.2 Å². The number of rotatable bonds is 6. The summed E-state index contributed by atoms with van der Waals surface area (Å²) in [6.07, 6.45) is 1.60. The summed E-state index contributed by atoms with van der Waals surface area (Å²) in [7, 11) is 3.17. The Bertz CT molecular complexity index is 1270. The van der Waals surface area contributed by atoms with Crippen LogP contribution in [0.3, 0.4) is 0 Å². The number of likely N-dealkylation sites (N-methyl/N-ethyl adjacent to an activating group) is 1. The monoisotopic (exact) mass is 485 g/mol. The number of halogens is 1. The zero-order valence-electron chi connectivity index (χ0n) is 19.6. The van der Waals surface area contributed by atoms with Gasteiger partial charge in [0.25, 0.3) is 11.5 Å². The molecular weight excluding hydrogens is 458 g/mol. The van der Waals surface area contributed by atoms with Crippen LogP contribution in [0.2, 0.25) is 5.02 Å². The molecule has 1 amide bonds. The van der Waals surface area contributed by atoms with Gasteiger partial charge in [0.15, 0.2) is 18.2 Å². The highest BCUT2D eigenvalue weighted by Gasteiger charge is 2.23. The van der Waals surface area contributed by atoms with Crippen LogP contribution in [0.15, 0.2) is 35.3 Å². The second-order valence-corrected chi connectivity index (χ2v) is 8.88. The topological polar surface area (TPSA) is 113 Å². The predicted molar refractivity (Wildman–Crippen MR) is 133 cm³/mol. The minimum Gasteiger partial charge on any atom is -0.478 e. The second kappa shape index (κ2) is 9.86. The van der Waals surface area contributed by atoms with Gasteiger partial charge in [-0.2, -0.15) is 4.98 Å². The number of nitrogens with one attached hydrogen (secondary N) is 3. The van der Waals surface area contributed by atoms with Crippen LogP contribution in [0.5, 0.6) is 5.75 Å². The van der Waals surface area contributed by atoms with Gasteiger partial charge in [0.2, 0.25) is 5.95 Å². The third-order valence-corrected chi connectivity index (χ3v) is 5.94. The number of carbonyl (C=O) groups is 1. The van der Waals surface area contributed by atoms with Crippen molar-refractivity contribution in [1.29, 1.82) is 0 Å². The van der Waals surface area contributed by atoms with E-state index in [0.717, 1.165) is 29.7 Å². The summed E-state index contributed by atoms with van der Waals surface area (Å²) in [5.41, 5.74) is 1.14. The average molecular weight is 486 g/mol. The lowest BCUT2D eigenvalue weighted by atomic mass is 10.1. The summed E-state index contributed by atoms with van der Waals surface area (Å²) < 4.78 is 6.92. The Labute approximate surface area is 202 Å². The minimum atomic E-state index is -0.319. The number of anilines is 3. The Morgan fingerprint density at radius 3 is 2.71 bits per heavy atom. The molecule has 1 fully saturated rings. The molecule has 0 radical (unpaired) electrons. The van der Waals surface area contributed by atoms with Gasteiger partial charge in [0.05, 0.1) is 11.7 Å². The molecule has 180 valence electrons. The van der Waals surface area contributed by atoms with Gasteiger partial charge in [-0.15, -0.1) is 0 Å². The largest absolute Gasteiger partial charge is 0.478 e. The molecule has 11 heteroatoms. The van der Waals surface area contributed by atoms with E-state index in [0.29, 0.717) is 28.9 Å². The fourth-order valence-electron chi connectivity index (χ4n) is 4.07. The van der Waals surface area contributed by atoms with Crippen LogP contribution >= 0.6 is 11.6 Å². The first-order chi connectivity index (χ1) is 16.2. The number of aromatic nitrogens is 3. The number of hydrogen-bond donors (Lipinski definition) is 3. The number of benzene rings is 1. The Morgan fingerprint density at radius 2 is 2.00 bits per heavy atom. The molecule has 3 heterocycles. The molecule has 1 aliphatic rings. The van der Waals surface area contributed by atoms with E-state index in [4.69, 9.17) is 16.3 Å². The van der Waals surface area contributed by atoms with E-state index in [1.807, 2.05) is 18.2 Å². The van der Waals surface area contributed by atoms with Crippen molar-refractivity contribution >= 4 is 45.9 Å². The minimum absolute atomic E-state index is 0.0973. The predicted octanol–water partition coefficient (Wildman–Crippen LogP) is 2.04. The van der Waals surface area contributed by atoms with Gasteiger partial charge in [-0.05, 0) is 38.1 Å². The quantitative estimate of drug-likeness (QED) is 0.486. The van der Waals surface area contributed by atoms with E-state index in [1.54, 1.807) is 19.3 Å². The van der Waals surface area contributed by atoms with Gasteiger partial charge in [-0.25, -0.2) is 4.98 Å². The molecule has 0 aliphatic carbocycles. The van der Waals surface area contributed by atoms with Crippen LogP contribution < -0.4 is 31.1 Å². The van der Waals surface area contributed by atoms with Crippen molar-refractivity contribution in [3.63, 3.8) is 0 Å². The fourth-order valence-corrected chi connectivity index (χ4v) is 4.21. The average Bonchev–Trinajstić information content (AvgIpc) is 2.81. The van der Waals surface area contributed by atoms with Gasteiger partial charge < -0.3 is 30.2 Å². The van der Waals surface area contributed by atoms with Crippen LogP contribution in [0.25, 0.3) is 10.9 Å². The van der Waals surface area contributed by atoms with E-state index in [9.17, 15) is 9.59 Å². The van der Waals surface area contributed by atoms with E-state index < -0.39 is 0 Å². The Kier molecular flexibility index (Phi) is 6.90. The summed E-state index contributed by atoms with van der Waals surface area (Å²) in [6.45, 7) is 5.62. The smallest absolute Gasteiger partial charge is 0.293 e. The van der Waals surface area contributed by atoms with E-state index in [2.05, 4.69) is 44.7 Å². The van der Waals surface area contributed by atoms with E-state index >= 15 is 0 Å². The lowest BCUT2D eigenvalue weighted by molar-refractivity contribution is -0.122. The second-order valence-electron chi connectivity index (χ2n) is 8.47. The van der Waals surface area contributed by atoms with Gasteiger partial charge in [-0.1, -0.05) is 11.6 Å². The van der Waals surface area contributed by atoms with Crippen LogP contribution in [0, 0.1) is 0 Å². The van der Waals surface area contributed by atoms with Gasteiger partial charge >= 0.3 is 0 Å². The maximum absolute atomic E-state index is 12.6. The number of nitrogens with zero attached hydrogens (tertiary/aromatic N) is 4. The van der Waals surface area contributed by atoms with Crippen LogP contribution in [-0.4, -0.2) is 59.3 Å².